The number of rotatable bonds is 29. The van der Waals surface area contributed by atoms with Crippen molar-refractivity contribution in [2.75, 3.05) is 106 Å². The number of thiazole rings is 2. The quantitative estimate of drug-likeness (QED) is 0.00572. The smallest absolute Gasteiger partial charge is 0.294 e. The summed E-state index contributed by atoms with van der Waals surface area (Å²) in [6, 6.07) is 21.2. The van der Waals surface area contributed by atoms with E-state index in [1.54, 1.807) is 12.1 Å². The Kier molecular flexibility index (Phi) is 24.3. The van der Waals surface area contributed by atoms with Gasteiger partial charge in [-0.2, -0.15) is 41.8 Å². The number of hydrogen-bond donors (Lipinski definition) is 7. The molecule has 28 nitrogen and oxygen atoms in total. The zero-order chi connectivity index (χ0) is 68.7. The Morgan fingerprint density at radius 1 is 0.562 bits per heavy atom. The first-order chi connectivity index (χ1) is 46.0. The number of aromatic nitrogens is 5. The normalized spacial score (nSPS) is 14.1. The minimum atomic E-state index is -4.59. The predicted molar refractivity (Wildman–Crippen MR) is 376 cm³/mol. The molecule has 2 amide bonds. The summed E-state index contributed by atoms with van der Waals surface area (Å²) in [5.74, 6) is -1.33. The summed E-state index contributed by atoms with van der Waals surface area (Å²) in [4.78, 5) is 86.6. The third-order valence-corrected chi connectivity index (χ3v) is 19.5. The van der Waals surface area contributed by atoms with Crippen LogP contribution >= 0.6 is 34.4 Å². The second-order valence-corrected chi connectivity index (χ2v) is 27.8. The fourth-order valence-electron chi connectivity index (χ4n) is 10.4. The molecule has 2 aliphatic rings. The molecule has 0 saturated carbocycles. The molecule has 7 N–H and O–H groups in total. The van der Waals surface area contributed by atoms with Crippen molar-refractivity contribution < 1.29 is 50.2 Å². The minimum Gasteiger partial charge on any atom is -0.396 e. The highest BCUT2D eigenvalue weighted by atomic mass is 32.2. The molecule has 9 rings (SSSR count). The van der Waals surface area contributed by atoms with E-state index in [2.05, 4.69) is 51.1 Å². The van der Waals surface area contributed by atoms with Crippen LogP contribution in [0.4, 0.5) is 79.3 Å². The number of carbonyl (C=O) groups excluding carboxylic acids is 4. The number of ketones is 2. The first-order valence-electron chi connectivity index (χ1n) is 30.9. The van der Waals surface area contributed by atoms with Crippen LogP contribution in [0.3, 0.4) is 0 Å². The van der Waals surface area contributed by atoms with Crippen LogP contribution in [0, 0.1) is 0 Å². The van der Waals surface area contributed by atoms with Crippen molar-refractivity contribution in [3.05, 3.63) is 106 Å². The number of aliphatic hydroxyl groups is 1. The van der Waals surface area contributed by atoms with Crippen LogP contribution in [0.5, 0.6) is 0 Å². The number of thioether (sulfide) groups is 1. The zero-order valence-corrected chi connectivity index (χ0v) is 57.6. The summed E-state index contributed by atoms with van der Waals surface area (Å²) in [6.45, 7) is 15.8. The largest absolute Gasteiger partial charge is 0.396 e. The van der Waals surface area contributed by atoms with Gasteiger partial charge in [0.1, 0.15) is 23.0 Å². The van der Waals surface area contributed by atoms with Crippen LogP contribution in [-0.4, -0.2) is 144 Å². The van der Waals surface area contributed by atoms with Gasteiger partial charge < -0.3 is 46.0 Å². The van der Waals surface area contributed by atoms with Crippen LogP contribution in [0.25, 0.3) is 12.2 Å². The van der Waals surface area contributed by atoms with Gasteiger partial charge in [0.05, 0.1) is 48.7 Å². The topological polar surface area (TPSA) is 372 Å². The summed E-state index contributed by atoms with van der Waals surface area (Å²) in [7, 11) is -9.17. The van der Waals surface area contributed by atoms with Crippen LogP contribution in [0.2, 0.25) is 0 Å². The molecule has 0 spiro atoms. The Hall–Kier alpha value is -8.96. The Bertz CT molecular complexity index is 4100. The van der Waals surface area contributed by atoms with Crippen molar-refractivity contribution in [2.45, 2.75) is 95.0 Å². The first kappa shape index (κ1) is 71.3. The highest BCUT2D eigenvalue weighted by Crippen LogP contribution is 2.41. The first-order valence-corrected chi connectivity index (χ1v) is 36.4. The van der Waals surface area contributed by atoms with Crippen molar-refractivity contribution in [3.8, 4) is 0 Å². The van der Waals surface area contributed by atoms with Crippen LogP contribution < -0.4 is 40.9 Å². The van der Waals surface area contributed by atoms with Crippen LogP contribution in [-0.2, 0) is 39.4 Å². The average molecular weight is 1400 g/mol. The molecule has 2 saturated heterocycles. The second-order valence-electron chi connectivity index (χ2n) is 21.8. The maximum atomic E-state index is 13.8. The van der Waals surface area contributed by atoms with Gasteiger partial charge in [0, 0.05) is 80.9 Å². The summed E-state index contributed by atoms with van der Waals surface area (Å²) >= 11 is 3.42. The van der Waals surface area contributed by atoms with Gasteiger partial charge in [-0.25, -0.2) is 0 Å². The standard InChI is InChI=1S/C63H73N17O11S5/c1-7-77(8-2)43-23-25-49(73-75-62-68-55(79-27-13-11-14-28-79)53(93-62)37-47(39(5)82)57(84)64-41-19-17-21-45(33-41)95(86,87)88)51(35-43)66-59-70-60(72-61(71-59)92-32-31-81)67-52-36-44(78(9-3)10-4)24-26-50(52)74-76-63-69-56(80-29-15-12-16-30-80)54(94-63)38-48(40(6)83)58(85)65-42-20-18-22-46(34-42)96(89,90)91/h17-26,33-38,81H,7-16,27-32H2,1-6H3,(H,64,84)(H,65,85)(H,86,87,88)(H,89,90,91)(H2,66,67,70,71,72). The number of benzene rings is 4. The number of anilines is 10. The van der Waals surface area contributed by atoms with Gasteiger partial charge >= 0.3 is 0 Å². The van der Waals surface area contributed by atoms with Crippen molar-refractivity contribution in [2.24, 2.45) is 20.5 Å². The van der Waals surface area contributed by atoms with Crippen molar-refractivity contribution in [1.82, 2.24) is 24.9 Å². The summed E-state index contributed by atoms with van der Waals surface area (Å²) in [5.41, 5.74) is 2.91. The van der Waals surface area contributed by atoms with E-state index in [0.29, 0.717) is 96.5 Å². The lowest BCUT2D eigenvalue weighted by Crippen LogP contribution is -2.30. The molecule has 7 aromatic rings. The highest BCUT2D eigenvalue weighted by molar-refractivity contribution is 7.99. The van der Waals surface area contributed by atoms with Gasteiger partial charge in [-0.05, 0) is 165 Å². The molecule has 506 valence electrons. The van der Waals surface area contributed by atoms with Gasteiger partial charge in [-0.15, -0.1) is 20.5 Å². The molecule has 5 heterocycles. The molecule has 4 aromatic carbocycles. The Morgan fingerprint density at radius 3 is 1.33 bits per heavy atom. The maximum Gasteiger partial charge on any atom is 0.294 e. The number of nitrogens with zero attached hydrogens (tertiary/aromatic N) is 13. The van der Waals surface area contributed by atoms with E-state index in [-0.39, 0.29) is 62.2 Å². The van der Waals surface area contributed by atoms with Crippen molar-refractivity contribution >= 4 is 169 Å². The van der Waals surface area contributed by atoms with Crippen molar-refractivity contribution in [1.29, 1.82) is 0 Å². The number of azo groups is 2. The van der Waals surface area contributed by atoms with E-state index < -0.39 is 53.4 Å². The Balaban J connectivity index is 1.06. The highest BCUT2D eigenvalue weighted by Gasteiger charge is 2.26. The van der Waals surface area contributed by atoms with E-state index in [9.17, 15) is 50.2 Å². The number of amides is 2. The molecule has 0 aliphatic carbocycles. The van der Waals surface area contributed by atoms with Gasteiger partial charge in [-0.1, -0.05) is 46.6 Å². The molecule has 0 atom stereocenters. The van der Waals surface area contributed by atoms with Crippen LogP contribution in [0.1, 0.15) is 89.8 Å². The van der Waals surface area contributed by atoms with E-state index in [1.807, 2.05) is 52.0 Å². The molecular formula is C63H73N17O11S5. The summed E-state index contributed by atoms with van der Waals surface area (Å²) in [5, 5.41) is 41.3. The fraction of sp³-hybridized carbons (Fsp3) is 0.349. The summed E-state index contributed by atoms with van der Waals surface area (Å²) in [6.07, 6.45) is 8.44. The number of aliphatic hydroxyl groups excluding tert-OH is 1. The van der Waals surface area contributed by atoms with Gasteiger partial charge in [0.2, 0.25) is 22.2 Å². The maximum absolute atomic E-state index is 13.8. The van der Waals surface area contributed by atoms with E-state index in [1.165, 1.54) is 74.2 Å². The van der Waals surface area contributed by atoms with Gasteiger partial charge in [0.25, 0.3) is 32.1 Å². The monoisotopic (exact) mass is 1400 g/mol. The predicted octanol–water partition coefficient (Wildman–Crippen LogP) is 12.6. The van der Waals surface area contributed by atoms with Gasteiger partial charge in [-0.3, -0.25) is 28.3 Å². The summed E-state index contributed by atoms with van der Waals surface area (Å²) < 4.78 is 66.8. The lowest BCUT2D eigenvalue weighted by Gasteiger charge is -2.27. The molecule has 33 heteroatoms. The van der Waals surface area contributed by atoms with E-state index in [0.717, 1.165) is 84.7 Å². The fourth-order valence-corrected chi connectivity index (χ4v) is 13.8. The SMILES string of the molecule is CCN(CC)c1ccc(N=Nc2nc(N3CCCCC3)c(C=C(C(C)=O)C(=O)Nc3cccc(S(=O)(=O)O)c3)s2)c(Nc2nc(Nc3cc(N(CC)CC)ccc3N=Nc3nc(N4CCCCC4)c(C=C(C(C)=O)C(=O)Nc4cccc(S(=O)(=O)O)c4)s3)nc(SCCO)n2)c1. The number of hydrogen-bond acceptors (Lipinski definition) is 27. The molecule has 96 heavy (non-hydrogen) atoms. The van der Waals surface area contributed by atoms with E-state index in [4.69, 9.17) is 35.1 Å². The van der Waals surface area contributed by atoms with E-state index >= 15 is 0 Å². The average Bonchev–Trinajstić information content (AvgIpc) is 1.81. The number of piperidine rings is 2. The third kappa shape index (κ3) is 18.7. The molecular weight excluding hydrogens is 1330 g/mol. The lowest BCUT2D eigenvalue weighted by atomic mass is 10.1. The molecule has 0 radical (unpaired) electrons. The Morgan fingerprint density at radius 2 is 0.969 bits per heavy atom. The Labute approximate surface area is 568 Å². The molecule has 2 fully saturated rings. The van der Waals surface area contributed by atoms with Crippen molar-refractivity contribution in [3.63, 3.8) is 0 Å². The lowest BCUT2D eigenvalue weighted by molar-refractivity contribution is -0.120. The number of Topliss-reactive ketones (excluding diaryl/α,β-unsaturated/α-hetero) is 2. The molecule has 0 unspecified atom stereocenters. The number of nitrogens with one attached hydrogen (secondary N) is 4. The second kappa shape index (κ2) is 32.7. The zero-order valence-electron chi connectivity index (χ0n) is 53.5. The van der Waals surface area contributed by atoms with Crippen LogP contribution in [0.15, 0.2) is 131 Å². The third-order valence-electron chi connectivity index (χ3n) is 15.3. The molecule has 2 aliphatic heterocycles. The minimum absolute atomic E-state index is 0.0402. The number of carbonyl (C=O) groups is 4. The molecule has 3 aromatic heterocycles. The van der Waals surface area contributed by atoms with Gasteiger partial charge in [0.15, 0.2) is 16.7 Å². The molecule has 0 bridgehead atoms.